The van der Waals surface area contributed by atoms with Crippen LogP contribution < -0.4 is 0 Å². The van der Waals surface area contributed by atoms with Gasteiger partial charge in [-0.15, -0.1) is 0 Å². The number of Topliss-reactive ketones (excluding diaryl/α,β-unsaturated/α-hetero) is 2. The Balaban J connectivity index is 2.80. The van der Waals surface area contributed by atoms with E-state index < -0.39 is 31.6 Å². The van der Waals surface area contributed by atoms with Gasteiger partial charge in [-0.1, -0.05) is 24.3 Å². The molecule has 0 aromatic heterocycles. The van der Waals surface area contributed by atoms with Crippen LogP contribution in [0.1, 0.15) is 20.7 Å². The normalized spacial score (nSPS) is 19.4. The first kappa shape index (κ1) is 12.6. The van der Waals surface area contributed by atoms with Crippen molar-refractivity contribution in [3.8, 4) is 0 Å². The standard InChI is InChI=1S/C10H5ClN2O4S/c11-18(16,17)10-7(13-12)8(14)5-3-1-2-4-6(5)9(10)15/h1-4,10H. The number of carbonyl (C=O) groups excluding carboxylic acids is 2. The van der Waals surface area contributed by atoms with Crippen LogP contribution in [0.3, 0.4) is 0 Å². The van der Waals surface area contributed by atoms with E-state index in [0.29, 0.717) is 0 Å². The van der Waals surface area contributed by atoms with Crippen molar-refractivity contribution in [2.24, 2.45) is 0 Å². The van der Waals surface area contributed by atoms with Crippen LogP contribution in [0.15, 0.2) is 24.3 Å². The first-order chi connectivity index (χ1) is 8.38. The molecule has 0 N–H and O–H groups in total. The van der Waals surface area contributed by atoms with E-state index >= 15 is 0 Å². The summed E-state index contributed by atoms with van der Waals surface area (Å²) in [5.74, 6) is -1.71. The van der Waals surface area contributed by atoms with E-state index in [9.17, 15) is 18.0 Å². The van der Waals surface area contributed by atoms with Gasteiger partial charge in [-0.3, -0.25) is 9.59 Å². The zero-order valence-corrected chi connectivity index (χ0v) is 10.3. The molecule has 0 saturated carbocycles. The molecule has 0 radical (unpaired) electrons. The van der Waals surface area contributed by atoms with Crippen LogP contribution in [-0.2, 0) is 9.05 Å². The number of benzene rings is 1. The molecule has 0 fully saturated rings. The number of carbonyl (C=O) groups is 2. The molecule has 1 aliphatic rings. The molecule has 1 aromatic carbocycles. The van der Waals surface area contributed by atoms with Gasteiger partial charge in [0, 0.05) is 21.8 Å². The topological polar surface area (TPSA) is 105 Å². The molecule has 2 rings (SSSR count). The van der Waals surface area contributed by atoms with E-state index in [4.69, 9.17) is 16.2 Å². The summed E-state index contributed by atoms with van der Waals surface area (Å²) in [5, 5.41) is -1.97. The molecule has 0 heterocycles. The maximum Gasteiger partial charge on any atom is 0.366 e. The van der Waals surface area contributed by atoms with E-state index in [1.54, 1.807) is 0 Å². The van der Waals surface area contributed by atoms with Crippen molar-refractivity contribution in [3.05, 3.63) is 40.9 Å². The Kier molecular flexibility index (Phi) is 2.90. The quantitative estimate of drug-likeness (QED) is 0.429. The van der Waals surface area contributed by atoms with Gasteiger partial charge in [0.2, 0.25) is 5.25 Å². The summed E-state index contributed by atoms with van der Waals surface area (Å²) in [5.41, 5.74) is 7.89. The third-order valence-electron chi connectivity index (χ3n) is 2.55. The largest absolute Gasteiger partial charge is 0.366 e. The van der Waals surface area contributed by atoms with E-state index in [1.807, 2.05) is 0 Å². The predicted octanol–water partition coefficient (Wildman–Crippen LogP) is 0.674. The number of rotatable bonds is 1. The van der Waals surface area contributed by atoms with Crippen molar-refractivity contribution >= 4 is 37.0 Å². The van der Waals surface area contributed by atoms with Gasteiger partial charge in [0.05, 0.1) is 0 Å². The molecule has 1 aromatic rings. The first-order valence-electron chi connectivity index (χ1n) is 4.71. The van der Waals surface area contributed by atoms with E-state index in [1.165, 1.54) is 24.3 Å². The minimum Gasteiger partial charge on any atom is -0.361 e. The molecule has 8 heteroatoms. The van der Waals surface area contributed by atoms with Crippen molar-refractivity contribution in [3.63, 3.8) is 0 Å². The van der Waals surface area contributed by atoms with Crippen LogP contribution in [0.25, 0.3) is 5.53 Å². The summed E-state index contributed by atoms with van der Waals surface area (Å²) < 4.78 is 22.6. The smallest absolute Gasteiger partial charge is 0.361 e. The van der Waals surface area contributed by atoms with Crippen molar-refractivity contribution < 1.29 is 22.8 Å². The molecule has 92 valence electrons. The molecule has 0 spiro atoms. The molecule has 1 aliphatic carbocycles. The third kappa shape index (κ3) is 1.78. The molecule has 6 nitrogen and oxygen atoms in total. The Morgan fingerprint density at radius 2 is 1.72 bits per heavy atom. The minimum absolute atomic E-state index is 0.00753. The predicted molar refractivity (Wildman–Crippen MR) is 62.3 cm³/mol. The number of halogens is 1. The zero-order valence-electron chi connectivity index (χ0n) is 8.70. The van der Waals surface area contributed by atoms with Gasteiger partial charge >= 0.3 is 5.71 Å². The second-order valence-corrected chi connectivity index (χ2v) is 6.29. The van der Waals surface area contributed by atoms with Crippen molar-refractivity contribution in [2.75, 3.05) is 0 Å². The Morgan fingerprint density at radius 3 is 2.22 bits per heavy atom. The van der Waals surface area contributed by atoms with E-state index in [-0.39, 0.29) is 11.1 Å². The molecule has 1 unspecified atom stereocenters. The molecule has 1 atom stereocenters. The average Bonchev–Trinajstić information content (AvgIpc) is 2.32. The average molecular weight is 285 g/mol. The summed E-state index contributed by atoms with van der Waals surface area (Å²) >= 11 is 0. The SMILES string of the molecule is [N-]=[N+]=C1C(=O)c2ccccc2C(=O)C1S(=O)(=O)Cl. The Hall–Kier alpha value is -1.82. The van der Waals surface area contributed by atoms with Crippen LogP contribution in [0.4, 0.5) is 0 Å². The van der Waals surface area contributed by atoms with Gasteiger partial charge < -0.3 is 5.53 Å². The molecule has 0 amide bonds. The minimum atomic E-state index is -4.40. The fraction of sp³-hybridized carbons (Fsp3) is 0.100. The van der Waals surface area contributed by atoms with Gasteiger partial charge in [-0.25, -0.2) is 8.42 Å². The summed E-state index contributed by atoms with van der Waals surface area (Å²) in [4.78, 5) is 26.5. The Bertz CT molecular complexity index is 719. The van der Waals surface area contributed by atoms with Gasteiger partial charge in [0.25, 0.3) is 14.8 Å². The van der Waals surface area contributed by atoms with Gasteiger partial charge in [0.1, 0.15) is 0 Å². The fourth-order valence-electron chi connectivity index (χ4n) is 1.78. The van der Waals surface area contributed by atoms with Crippen LogP contribution in [-0.4, -0.2) is 35.7 Å². The van der Waals surface area contributed by atoms with Crippen LogP contribution >= 0.6 is 10.7 Å². The van der Waals surface area contributed by atoms with Gasteiger partial charge in [0.15, 0.2) is 5.78 Å². The lowest BCUT2D eigenvalue weighted by atomic mass is 9.88. The Morgan fingerprint density at radius 1 is 1.17 bits per heavy atom. The monoisotopic (exact) mass is 284 g/mol. The second-order valence-electron chi connectivity index (χ2n) is 3.58. The van der Waals surface area contributed by atoms with Crippen LogP contribution in [0, 0.1) is 0 Å². The lowest BCUT2D eigenvalue weighted by molar-refractivity contribution is -0.00855. The van der Waals surface area contributed by atoms with Crippen LogP contribution in [0.5, 0.6) is 0 Å². The van der Waals surface area contributed by atoms with E-state index in [2.05, 4.69) is 4.79 Å². The van der Waals surface area contributed by atoms with Crippen molar-refractivity contribution in [1.82, 2.24) is 0 Å². The highest BCUT2D eigenvalue weighted by Crippen LogP contribution is 2.25. The van der Waals surface area contributed by atoms with Gasteiger partial charge in [-0.2, -0.15) is 4.79 Å². The highest BCUT2D eigenvalue weighted by atomic mass is 35.7. The van der Waals surface area contributed by atoms with Gasteiger partial charge in [-0.05, 0) is 0 Å². The molecule has 0 bridgehead atoms. The highest BCUT2D eigenvalue weighted by molar-refractivity contribution is 8.15. The summed E-state index contributed by atoms with van der Waals surface area (Å²) in [6.07, 6.45) is 0. The lowest BCUT2D eigenvalue weighted by Gasteiger charge is -2.15. The van der Waals surface area contributed by atoms with Crippen molar-refractivity contribution in [1.29, 1.82) is 0 Å². The first-order valence-corrected chi connectivity index (χ1v) is 7.08. The molecule has 0 aliphatic heterocycles. The number of hydrogen-bond donors (Lipinski definition) is 0. The highest BCUT2D eigenvalue weighted by Gasteiger charge is 2.51. The molecule has 18 heavy (non-hydrogen) atoms. The number of nitrogens with zero attached hydrogens (tertiary/aromatic N) is 2. The van der Waals surface area contributed by atoms with E-state index in [0.717, 1.165) is 0 Å². The fourth-order valence-corrected chi connectivity index (χ4v) is 3.08. The molecule has 0 saturated heterocycles. The maximum absolute atomic E-state index is 12.0. The summed E-state index contributed by atoms with van der Waals surface area (Å²) in [6.45, 7) is 0. The number of hydrogen-bond acceptors (Lipinski definition) is 4. The molecular weight excluding hydrogens is 280 g/mol. The summed E-state index contributed by atoms with van der Waals surface area (Å²) in [7, 11) is 0.718. The maximum atomic E-state index is 12.0. The lowest BCUT2D eigenvalue weighted by Crippen LogP contribution is -2.45. The number of fused-ring (bicyclic) bond motifs is 1. The Labute approximate surface area is 106 Å². The van der Waals surface area contributed by atoms with Crippen molar-refractivity contribution in [2.45, 2.75) is 5.25 Å². The summed E-state index contributed by atoms with van der Waals surface area (Å²) in [6, 6.07) is 5.66. The molecular formula is C10H5ClN2O4S. The number of ketones is 2. The third-order valence-corrected chi connectivity index (χ3v) is 4.08. The second kappa shape index (κ2) is 4.13. The van der Waals surface area contributed by atoms with Crippen LogP contribution in [0.2, 0.25) is 0 Å². The zero-order chi connectivity index (χ0) is 13.5.